The zero-order valence-corrected chi connectivity index (χ0v) is 19.0. The predicted octanol–water partition coefficient (Wildman–Crippen LogP) is 4.11. The van der Waals surface area contributed by atoms with Gasteiger partial charge in [-0.15, -0.1) is 0 Å². The van der Waals surface area contributed by atoms with Crippen LogP contribution in [0.1, 0.15) is 22.8 Å². The largest absolute Gasteiger partial charge is 0.362 e. The van der Waals surface area contributed by atoms with Crippen LogP contribution < -0.4 is 9.80 Å². The second-order valence-electron chi connectivity index (χ2n) is 8.17. The summed E-state index contributed by atoms with van der Waals surface area (Å²) in [5.74, 6) is -0.319. The van der Waals surface area contributed by atoms with E-state index in [-0.39, 0.29) is 23.1 Å². The van der Waals surface area contributed by atoms with Gasteiger partial charge in [0.25, 0.3) is 11.6 Å². The number of rotatable bonds is 6. The molecule has 1 saturated heterocycles. The maximum atomic E-state index is 13.6. The standard InChI is InChI=1S/C26H26N4O4/c1-20(31)27-14-16-28(17-15-27)24-13-12-22(18-25(24)30(33)34)26(32)29(23-10-6-3-7-11-23)19-21-8-4-2-5-9-21/h2-13,18H,14-17,19H2,1H3. The van der Waals surface area contributed by atoms with Gasteiger partial charge in [0.15, 0.2) is 0 Å². The van der Waals surface area contributed by atoms with Crippen molar-refractivity contribution >= 4 is 28.9 Å². The highest BCUT2D eigenvalue weighted by Gasteiger charge is 2.27. The van der Waals surface area contributed by atoms with Crippen LogP contribution in [0, 0.1) is 10.1 Å². The lowest BCUT2D eigenvalue weighted by Crippen LogP contribution is -2.48. The number of para-hydroxylation sites is 1. The van der Waals surface area contributed by atoms with Crippen molar-refractivity contribution in [2.24, 2.45) is 0 Å². The number of nitro benzene ring substituents is 1. The van der Waals surface area contributed by atoms with Crippen molar-refractivity contribution in [3.63, 3.8) is 0 Å². The molecular formula is C26H26N4O4. The molecule has 8 nitrogen and oxygen atoms in total. The smallest absolute Gasteiger partial charge is 0.293 e. The molecule has 3 aromatic rings. The molecule has 0 aromatic heterocycles. The zero-order chi connectivity index (χ0) is 24.1. The molecule has 8 heteroatoms. The van der Waals surface area contributed by atoms with E-state index in [0.29, 0.717) is 44.1 Å². The molecule has 2 amide bonds. The van der Waals surface area contributed by atoms with E-state index in [2.05, 4.69) is 0 Å². The molecule has 34 heavy (non-hydrogen) atoms. The van der Waals surface area contributed by atoms with Gasteiger partial charge in [0, 0.05) is 50.4 Å². The average molecular weight is 459 g/mol. The minimum Gasteiger partial charge on any atom is -0.362 e. The number of nitro groups is 1. The summed E-state index contributed by atoms with van der Waals surface area (Å²) in [5.41, 5.74) is 2.25. The number of hydrogen-bond donors (Lipinski definition) is 0. The Morgan fingerprint density at radius 2 is 1.53 bits per heavy atom. The third-order valence-electron chi connectivity index (χ3n) is 5.98. The van der Waals surface area contributed by atoms with Gasteiger partial charge in [0.1, 0.15) is 5.69 Å². The summed E-state index contributed by atoms with van der Waals surface area (Å²) in [6, 6.07) is 23.5. The molecule has 0 saturated carbocycles. The minimum atomic E-state index is -0.451. The van der Waals surface area contributed by atoms with E-state index in [9.17, 15) is 19.7 Å². The van der Waals surface area contributed by atoms with E-state index in [4.69, 9.17) is 0 Å². The molecule has 1 aliphatic rings. The Kier molecular flexibility index (Phi) is 6.87. The summed E-state index contributed by atoms with van der Waals surface area (Å²) in [5, 5.41) is 11.9. The Bertz CT molecular complexity index is 1180. The van der Waals surface area contributed by atoms with Crippen molar-refractivity contribution in [1.29, 1.82) is 0 Å². The molecule has 0 N–H and O–H groups in total. The van der Waals surface area contributed by atoms with Gasteiger partial charge in [-0.05, 0) is 29.8 Å². The number of amides is 2. The van der Waals surface area contributed by atoms with Gasteiger partial charge in [-0.2, -0.15) is 0 Å². The van der Waals surface area contributed by atoms with Crippen LogP contribution in [-0.4, -0.2) is 47.8 Å². The van der Waals surface area contributed by atoms with Crippen molar-refractivity contribution in [3.05, 3.63) is 100 Å². The first-order valence-corrected chi connectivity index (χ1v) is 11.1. The normalized spacial score (nSPS) is 13.4. The third-order valence-corrected chi connectivity index (χ3v) is 5.98. The molecule has 0 radical (unpaired) electrons. The fourth-order valence-corrected chi connectivity index (χ4v) is 4.14. The van der Waals surface area contributed by atoms with E-state index >= 15 is 0 Å². The highest BCUT2D eigenvalue weighted by atomic mass is 16.6. The van der Waals surface area contributed by atoms with Crippen molar-refractivity contribution in [3.8, 4) is 0 Å². The summed E-state index contributed by atoms with van der Waals surface area (Å²) in [6.45, 7) is 3.87. The number of benzene rings is 3. The molecule has 0 bridgehead atoms. The van der Waals surface area contributed by atoms with Crippen molar-refractivity contribution < 1.29 is 14.5 Å². The average Bonchev–Trinajstić information content (AvgIpc) is 2.87. The molecule has 0 atom stereocenters. The summed E-state index contributed by atoms with van der Waals surface area (Å²) in [6.07, 6.45) is 0. The molecule has 1 aliphatic heterocycles. The Hall–Kier alpha value is -4.20. The van der Waals surface area contributed by atoms with Gasteiger partial charge in [0.2, 0.25) is 5.91 Å². The van der Waals surface area contributed by atoms with Crippen LogP contribution in [0.5, 0.6) is 0 Å². The van der Waals surface area contributed by atoms with Crippen LogP contribution in [0.3, 0.4) is 0 Å². The Balaban J connectivity index is 1.64. The lowest BCUT2D eigenvalue weighted by molar-refractivity contribution is -0.384. The first-order valence-electron chi connectivity index (χ1n) is 11.1. The molecular weight excluding hydrogens is 432 g/mol. The van der Waals surface area contributed by atoms with E-state index < -0.39 is 4.92 Å². The van der Waals surface area contributed by atoms with Gasteiger partial charge in [0.05, 0.1) is 11.5 Å². The van der Waals surface area contributed by atoms with Crippen molar-refractivity contribution in [2.75, 3.05) is 36.0 Å². The van der Waals surface area contributed by atoms with Crippen LogP contribution >= 0.6 is 0 Å². The Morgan fingerprint density at radius 3 is 2.12 bits per heavy atom. The second-order valence-corrected chi connectivity index (χ2v) is 8.17. The molecule has 3 aromatic carbocycles. The summed E-state index contributed by atoms with van der Waals surface area (Å²) < 4.78 is 0. The van der Waals surface area contributed by atoms with Crippen LogP contribution in [0.4, 0.5) is 17.1 Å². The number of nitrogens with zero attached hydrogens (tertiary/aromatic N) is 4. The molecule has 4 rings (SSSR count). The van der Waals surface area contributed by atoms with Gasteiger partial charge in [-0.25, -0.2) is 0 Å². The van der Waals surface area contributed by atoms with Gasteiger partial charge >= 0.3 is 0 Å². The highest BCUT2D eigenvalue weighted by molar-refractivity contribution is 6.06. The number of carbonyl (C=O) groups excluding carboxylic acids is 2. The second kappa shape index (κ2) is 10.2. The maximum Gasteiger partial charge on any atom is 0.293 e. The predicted molar refractivity (Wildman–Crippen MR) is 131 cm³/mol. The summed E-state index contributed by atoms with van der Waals surface area (Å²) >= 11 is 0. The van der Waals surface area contributed by atoms with E-state index in [1.807, 2.05) is 65.6 Å². The lowest BCUT2D eigenvalue weighted by Gasteiger charge is -2.35. The van der Waals surface area contributed by atoms with Gasteiger partial charge < -0.3 is 14.7 Å². The monoisotopic (exact) mass is 458 g/mol. The topological polar surface area (TPSA) is 87.0 Å². The van der Waals surface area contributed by atoms with Crippen LogP contribution in [0.2, 0.25) is 0 Å². The van der Waals surface area contributed by atoms with Gasteiger partial charge in [-0.1, -0.05) is 48.5 Å². The van der Waals surface area contributed by atoms with Crippen LogP contribution in [0.15, 0.2) is 78.9 Å². The fourth-order valence-electron chi connectivity index (χ4n) is 4.14. The quantitative estimate of drug-likeness (QED) is 0.410. The van der Waals surface area contributed by atoms with E-state index in [1.54, 1.807) is 21.9 Å². The summed E-state index contributed by atoms with van der Waals surface area (Å²) in [4.78, 5) is 41.9. The molecule has 174 valence electrons. The van der Waals surface area contributed by atoms with Crippen LogP contribution in [-0.2, 0) is 11.3 Å². The van der Waals surface area contributed by atoms with E-state index in [0.717, 1.165) is 5.56 Å². The third kappa shape index (κ3) is 5.06. The highest BCUT2D eigenvalue weighted by Crippen LogP contribution is 2.31. The fraction of sp³-hybridized carbons (Fsp3) is 0.231. The van der Waals surface area contributed by atoms with Crippen molar-refractivity contribution in [2.45, 2.75) is 13.5 Å². The lowest BCUT2D eigenvalue weighted by atomic mass is 10.1. The minimum absolute atomic E-state index is 0.00508. The first-order chi connectivity index (χ1) is 16.4. The number of piperazine rings is 1. The van der Waals surface area contributed by atoms with E-state index in [1.165, 1.54) is 13.0 Å². The number of carbonyl (C=O) groups is 2. The van der Waals surface area contributed by atoms with Crippen molar-refractivity contribution in [1.82, 2.24) is 4.90 Å². The van der Waals surface area contributed by atoms with Crippen LogP contribution in [0.25, 0.3) is 0 Å². The number of hydrogen-bond acceptors (Lipinski definition) is 5. The molecule has 1 fully saturated rings. The summed E-state index contributed by atoms with van der Waals surface area (Å²) in [7, 11) is 0. The first kappa shape index (κ1) is 23.0. The van der Waals surface area contributed by atoms with Gasteiger partial charge in [-0.3, -0.25) is 19.7 Å². The molecule has 1 heterocycles. The molecule has 0 aliphatic carbocycles. The molecule has 0 unspecified atom stereocenters. The Morgan fingerprint density at radius 1 is 0.912 bits per heavy atom. The maximum absolute atomic E-state index is 13.6. The number of anilines is 2. The SMILES string of the molecule is CC(=O)N1CCN(c2ccc(C(=O)N(Cc3ccccc3)c3ccccc3)cc2[N+](=O)[O-])CC1. The zero-order valence-electron chi connectivity index (χ0n) is 19.0. The Labute approximate surface area is 198 Å². The molecule has 0 spiro atoms.